The summed E-state index contributed by atoms with van der Waals surface area (Å²) in [6.07, 6.45) is -0.398. The molecule has 0 aliphatic rings. The third-order valence-electron chi connectivity index (χ3n) is 1.44. The van der Waals surface area contributed by atoms with Crippen molar-refractivity contribution < 1.29 is 19.1 Å². The summed E-state index contributed by atoms with van der Waals surface area (Å²) in [5, 5.41) is 0. The fraction of sp³-hybridized carbons (Fsp3) is 0.800. The van der Waals surface area contributed by atoms with Gasteiger partial charge in [-0.25, -0.2) is 0 Å². The fourth-order valence-electron chi connectivity index (χ4n) is 0.628. The monoisotopic (exact) mass is 202 g/mol. The van der Waals surface area contributed by atoms with Crippen LogP contribution in [0.2, 0.25) is 0 Å². The van der Waals surface area contributed by atoms with Crippen molar-refractivity contribution in [3.63, 3.8) is 0 Å². The molecule has 0 N–H and O–H groups in total. The summed E-state index contributed by atoms with van der Waals surface area (Å²) in [6, 6.07) is 0. The molecule has 0 saturated carbocycles. The Bertz CT molecular complexity index is 215. The minimum atomic E-state index is -0.523. The molecule has 1 atom stereocenters. The van der Waals surface area contributed by atoms with Gasteiger partial charge in [-0.3, -0.25) is 9.59 Å². The van der Waals surface area contributed by atoms with Gasteiger partial charge in [-0.05, 0) is 27.7 Å². The molecule has 0 aromatic heterocycles. The number of carbonyl (C=O) groups is 2. The molecule has 0 amide bonds. The van der Waals surface area contributed by atoms with Crippen molar-refractivity contribution in [1.82, 2.24) is 0 Å². The van der Waals surface area contributed by atoms with E-state index in [9.17, 15) is 9.59 Å². The Labute approximate surface area is 84.6 Å². The first-order valence-corrected chi connectivity index (χ1v) is 4.58. The molecular weight excluding hydrogens is 184 g/mol. The molecule has 0 heterocycles. The normalized spacial score (nSPS) is 13.2. The molecule has 0 aromatic rings. The van der Waals surface area contributed by atoms with Crippen LogP contribution in [0.1, 0.15) is 34.6 Å². The maximum absolute atomic E-state index is 11.4. The Morgan fingerprint density at radius 1 is 1.29 bits per heavy atom. The lowest BCUT2D eigenvalue weighted by atomic mass is 9.97. The highest BCUT2D eigenvalue weighted by atomic mass is 16.6. The van der Waals surface area contributed by atoms with Crippen molar-refractivity contribution >= 4 is 11.9 Å². The summed E-state index contributed by atoms with van der Waals surface area (Å²) in [7, 11) is 0. The lowest BCUT2D eigenvalue weighted by Gasteiger charge is -2.20. The third kappa shape index (κ3) is 5.56. The molecule has 0 spiro atoms. The zero-order valence-electron chi connectivity index (χ0n) is 9.42. The maximum Gasteiger partial charge on any atom is 0.311 e. The van der Waals surface area contributed by atoms with Gasteiger partial charge in [0.1, 0.15) is 12.7 Å². The van der Waals surface area contributed by atoms with Crippen LogP contribution in [0, 0.1) is 5.41 Å². The van der Waals surface area contributed by atoms with E-state index in [2.05, 4.69) is 0 Å². The van der Waals surface area contributed by atoms with E-state index in [0.29, 0.717) is 0 Å². The van der Waals surface area contributed by atoms with E-state index < -0.39 is 11.5 Å². The first-order valence-electron chi connectivity index (χ1n) is 4.58. The van der Waals surface area contributed by atoms with Crippen LogP contribution in [-0.2, 0) is 19.1 Å². The van der Waals surface area contributed by atoms with E-state index >= 15 is 0 Å². The molecule has 1 unspecified atom stereocenters. The predicted molar refractivity (Wildman–Crippen MR) is 51.6 cm³/mol. The second-order valence-corrected chi connectivity index (χ2v) is 4.27. The van der Waals surface area contributed by atoms with Crippen LogP contribution >= 0.6 is 0 Å². The van der Waals surface area contributed by atoms with Gasteiger partial charge in [-0.15, -0.1) is 0 Å². The Kier molecular flexibility index (Phi) is 4.60. The van der Waals surface area contributed by atoms with Crippen LogP contribution in [0.4, 0.5) is 0 Å². The van der Waals surface area contributed by atoms with Crippen LogP contribution in [-0.4, -0.2) is 24.6 Å². The second-order valence-electron chi connectivity index (χ2n) is 4.27. The van der Waals surface area contributed by atoms with Gasteiger partial charge in [0, 0.05) is 6.92 Å². The average Bonchev–Trinajstić information content (AvgIpc) is 1.99. The Hall–Kier alpha value is -1.06. The molecule has 0 rings (SSSR count). The molecule has 4 heteroatoms. The van der Waals surface area contributed by atoms with E-state index in [1.54, 1.807) is 27.7 Å². The molecular formula is C10H18O4. The van der Waals surface area contributed by atoms with Gasteiger partial charge in [0.25, 0.3) is 0 Å². The van der Waals surface area contributed by atoms with Gasteiger partial charge in [0.2, 0.25) is 0 Å². The van der Waals surface area contributed by atoms with E-state index in [1.807, 2.05) is 0 Å². The Morgan fingerprint density at radius 3 is 2.14 bits per heavy atom. The summed E-state index contributed by atoms with van der Waals surface area (Å²) in [5.74, 6) is -0.666. The van der Waals surface area contributed by atoms with Crippen molar-refractivity contribution in [2.24, 2.45) is 5.41 Å². The third-order valence-corrected chi connectivity index (χ3v) is 1.44. The molecule has 0 fully saturated rings. The first kappa shape index (κ1) is 12.9. The maximum atomic E-state index is 11.4. The smallest absolute Gasteiger partial charge is 0.311 e. The summed E-state index contributed by atoms with van der Waals surface area (Å²) in [6.45, 7) is 8.43. The highest BCUT2D eigenvalue weighted by Gasteiger charge is 2.25. The van der Waals surface area contributed by atoms with Crippen LogP contribution in [0.15, 0.2) is 0 Å². The van der Waals surface area contributed by atoms with Crippen LogP contribution in [0.25, 0.3) is 0 Å². The first-order chi connectivity index (χ1) is 6.23. The van der Waals surface area contributed by atoms with Crippen molar-refractivity contribution in [2.45, 2.75) is 40.7 Å². The summed E-state index contributed by atoms with van der Waals surface area (Å²) < 4.78 is 9.75. The molecule has 0 radical (unpaired) electrons. The van der Waals surface area contributed by atoms with Crippen LogP contribution < -0.4 is 0 Å². The van der Waals surface area contributed by atoms with Crippen molar-refractivity contribution in [3.05, 3.63) is 0 Å². The number of hydrogen-bond donors (Lipinski definition) is 0. The van der Waals surface area contributed by atoms with Gasteiger partial charge in [-0.1, -0.05) is 0 Å². The zero-order chi connectivity index (χ0) is 11.4. The van der Waals surface area contributed by atoms with Gasteiger partial charge >= 0.3 is 11.9 Å². The van der Waals surface area contributed by atoms with E-state index in [0.717, 1.165) is 0 Å². The van der Waals surface area contributed by atoms with Crippen molar-refractivity contribution in [2.75, 3.05) is 6.61 Å². The lowest BCUT2D eigenvalue weighted by Crippen LogP contribution is -2.29. The number of esters is 2. The summed E-state index contributed by atoms with van der Waals surface area (Å²) in [4.78, 5) is 21.8. The molecule has 0 aromatic carbocycles. The van der Waals surface area contributed by atoms with Crippen LogP contribution in [0.5, 0.6) is 0 Å². The molecule has 0 aliphatic carbocycles. The Balaban J connectivity index is 3.89. The SMILES string of the molecule is CC(=O)OCC(C)OC(=O)C(C)(C)C. The van der Waals surface area contributed by atoms with E-state index in [1.165, 1.54) is 6.92 Å². The molecule has 82 valence electrons. The highest BCUT2D eigenvalue weighted by Crippen LogP contribution is 2.16. The number of ether oxygens (including phenoxy) is 2. The van der Waals surface area contributed by atoms with Crippen molar-refractivity contribution in [3.8, 4) is 0 Å². The molecule has 14 heavy (non-hydrogen) atoms. The lowest BCUT2D eigenvalue weighted by molar-refractivity contribution is -0.164. The molecule has 0 aliphatic heterocycles. The highest BCUT2D eigenvalue weighted by molar-refractivity contribution is 5.75. The quantitative estimate of drug-likeness (QED) is 0.651. The summed E-state index contributed by atoms with van der Waals surface area (Å²) in [5.41, 5.74) is -0.523. The standard InChI is InChI=1S/C10H18O4/c1-7(6-13-8(2)11)14-9(12)10(3,4)5/h7H,6H2,1-5H3. The van der Waals surface area contributed by atoms with Gasteiger partial charge in [0.05, 0.1) is 5.41 Å². The van der Waals surface area contributed by atoms with Gasteiger partial charge < -0.3 is 9.47 Å². The number of hydrogen-bond acceptors (Lipinski definition) is 4. The minimum Gasteiger partial charge on any atom is -0.462 e. The topological polar surface area (TPSA) is 52.6 Å². The predicted octanol–water partition coefficient (Wildman–Crippen LogP) is 1.53. The summed E-state index contributed by atoms with van der Waals surface area (Å²) >= 11 is 0. The second kappa shape index (κ2) is 4.98. The van der Waals surface area contributed by atoms with E-state index in [-0.39, 0.29) is 18.5 Å². The minimum absolute atomic E-state index is 0.108. The average molecular weight is 202 g/mol. The van der Waals surface area contributed by atoms with E-state index in [4.69, 9.17) is 9.47 Å². The molecule has 4 nitrogen and oxygen atoms in total. The largest absolute Gasteiger partial charge is 0.462 e. The van der Waals surface area contributed by atoms with Gasteiger partial charge in [0.15, 0.2) is 0 Å². The fourth-order valence-corrected chi connectivity index (χ4v) is 0.628. The number of carbonyl (C=O) groups excluding carboxylic acids is 2. The molecule has 0 bridgehead atoms. The molecule has 0 saturated heterocycles. The Morgan fingerprint density at radius 2 is 1.79 bits per heavy atom. The zero-order valence-corrected chi connectivity index (χ0v) is 9.42. The number of rotatable bonds is 3. The van der Waals surface area contributed by atoms with Gasteiger partial charge in [-0.2, -0.15) is 0 Å². The van der Waals surface area contributed by atoms with Crippen molar-refractivity contribution in [1.29, 1.82) is 0 Å². The van der Waals surface area contributed by atoms with Crippen LogP contribution in [0.3, 0.4) is 0 Å².